The zero-order valence-electron chi connectivity index (χ0n) is 41.6. The van der Waals surface area contributed by atoms with Gasteiger partial charge in [0.25, 0.3) is 0 Å². The molecule has 6 N–H and O–H groups in total. The lowest BCUT2D eigenvalue weighted by Gasteiger charge is -2.41. The van der Waals surface area contributed by atoms with Crippen molar-refractivity contribution in [1.29, 1.82) is 0 Å². The number of aliphatic hydroxyl groups is 4. The summed E-state index contributed by atoms with van der Waals surface area (Å²) in [6, 6.07) is -0.937. The number of amides is 1. The van der Waals surface area contributed by atoms with Crippen LogP contribution in [0.5, 0.6) is 0 Å². The zero-order valence-corrected chi connectivity index (χ0v) is 42.4. The number of carbonyl (C=O) groups excluding carboxylic acids is 1. The van der Waals surface area contributed by atoms with Gasteiger partial charge < -0.3 is 35.2 Å². The highest BCUT2D eigenvalue weighted by Gasteiger charge is 2.48. The molecule has 1 amide bonds. The van der Waals surface area contributed by atoms with Crippen molar-refractivity contribution in [1.82, 2.24) is 5.32 Å². The summed E-state index contributed by atoms with van der Waals surface area (Å²) < 4.78 is 47.6. The third kappa shape index (κ3) is 35.6. The SMILES string of the molecule is CCCCCCCCC/C=C/C(O)C(COC1OC(CO)C(O)C(OS(=O)(=O)O)C1O)NC(=O)CCCCCCCCCCCCCCCCCCCCCCCCCCCCCCC. The molecule has 386 valence electrons. The molecule has 0 saturated carbocycles. The monoisotopic (exact) mass is 948 g/mol. The molecule has 0 bridgehead atoms. The zero-order chi connectivity index (χ0) is 47.6. The van der Waals surface area contributed by atoms with Crippen molar-refractivity contribution >= 4 is 16.3 Å². The summed E-state index contributed by atoms with van der Waals surface area (Å²) >= 11 is 0. The van der Waals surface area contributed by atoms with E-state index < -0.39 is 59.9 Å². The molecule has 13 heteroatoms. The van der Waals surface area contributed by atoms with Crippen LogP contribution in [0.2, 0.25) is 0 Å². The van der Waals surface area contributed by atoms with E-state index in [1.807, 2.05) is 6.08 Å². The van der Waals surface area contributed by atoms with Gasteiger partial charge in [-0.25, -0.2) is 4.18 Å². The van der Waals surface area contributed by atoms with Crippen molar-refractivity contribution < 1.29 is 51.8 Å². The van der Waals surface area contributed by atoms with E-state index in [9.17, 15) is 38.2 Å². The maximum atomic E-state index is 13.0. The maximum Gasteiger partial charge on any atom is 0.397 e. The molecule has 0 aromatic rings. The fourth-order valence-electron chi connectivity index (χ4n) is 8.87. The first-order valence-electron chi connectivity index (χ1n) is 27.1. The van der Waals surface area contributed by atoms with Crippen LogP contribution in [0.1, 0.15) is 258 Å². The molecule has 7 unspecified atom stereocenters. The quantitative estimate of drug-likeness (QED) is 0.0193. The number of allylic oxidation sites excluding steroid dienone is 1. The molecule has 0 aliphatic carbocycles. The van der Waals surface area contributed by atoms with Gasteiger partial charge in [0.1, 0.15) is 24.4 Å². The smallest absolute Gasteiger partial charge is 0.394 e. The molecule has 1 rings (SSSR count). The topological polar surface area (TPSA) is 192 Å². The maximum absolute atomic E-state index is 13.0. The Morgan fingerprint density at radius 3 is 1.34 bits per heavy atom. The van der Waals surface area contributed by atoms with E-state index in [2.05, 4.69) is 23.3 Å². The Bertz CT molecular complexity index is 1210. The van der Waals surface area contributed by atoms with Crippen molar-refractivity contribution in [3.63, 3.8) is 0 Å². The molecule has 65 heavy (non-hydrogen) atoms. The lowest BCUT2D eigenvalue weighted by atomic mass is 9.99. The van der Waals surface area contributed by atoms with Crippen molar-refractivity contribution in [3.05, 3.63) is 12.2 Å². The predicted molar refractivity (Wildman–Crippen MR) is 264 cm³/mol. The number of aliphatic hydroxyl groups excluding tert-OH is 4. The molecule has 0 radical (unpaired) electrons. The van der Waals surface area contributed by atoms with Crippen LogP contribution in [0.4, 0.5) is 0 Å². The Morgan fingerprint density at radius 2 is 0.969 bits per heavy atom. The van der Waals surface area contributed by atoms with Gasteiger partial charge in [0.2, 0.25) is 5.91 Å². The Kier molecular flexibility index (Phi) is 40.8. The predicted octanol–water partition coefficient (Wildman–Crippen LogP) is 11.9. The summed E-state index contributed by atoms with van der Waals surface area (Å²) in [6.45, 7) is 3.37. The van der Waals surface area contributed by atoms with Gasteiger partial charge in [-0.2, -0.15) is 8.42 Å². The van der Waals surface area contributed by atoms with Crippen LogP contribution in [-0.2, 0) is 28.9 Å². The fourth-order valence-corrected chi connectivity index (χ4v) is 9.38. The fraction of sp³-hybridized carbons (Fsp3) is 0.942. The first kappa shape index (κ1) is 61.9. The second-order valence-electron chi connectivity index (χ2n) is 19.2. The average molecular weight is 948 g/mol. The second kappa shape index (κ2) is 42.9. The molecule has 0 spiro atoms. The Balaban J connectivity index is 2.22. The molecule has 12 nitrogen and oxygen atoms in total. The average Bonchev–Trinajstić information content (AvgIpc) is 3.28. The number of nitrogens with one attached hydrogen (secondary N) is 1. The van der Waals surface area contributed by atoms with Crippen molar-refractivity contribution in [3.8, 4) is 0 Å². The summed E-state index contributed by atoms with van der Waals surface area (Å²) in [4.78, 5) is 13.0. The van der Waals surface area contributed by atoms with Crippen LogP contribution in [0.25, 0.3) is 0 Å². The van der Waals surface area contributed by atoms with Gasteiger partial charge in [-0.15, -0.1) is 0 Å². The van der Waals surface area contributed by atoms with E-state index in [0.29, 0.717) is 6.42 Å². The third-order valence-electron chi connectivity index (χ3n) is 13.1. The number of hydrogen-bond acceptors (Lipinski definition) is 10. The van der Waals surface area contributed by atoms with Crippen molar-refractivity contribution in [2.75, 3.05) is 13.2 Å². The second-order valence-corrected chi connectivity index (χ2v) is 20.2. The first-order chi connectivity index (χ1) is 31.5. The van der Waals surface area contributed by atoms with Gasteiger partial charge in [0, 0.05) is 6.42 Å². The normalized spacial score (nSPS) is 20.1. The van der Waals surface area contributed by atoms with Crippen LogP contribution >= 0.6 is 0 Å². The minimum Gasteiger partial charge on any atom is -0.394 e. The van der Waals surface area contributed by atoms with Crippen molar-refractivity contribution in [2.24, 2.45) is 0 Å². The van der Waals surface area contributed by atoms with Gasteiger partial charge in [0.15, 0.2) is 6.29 Å². The molecule has 0 aromatic carbocycles. The van der Waals surface area contributed by atoms with E-state index >= 15 is 0 Å². The highest BCUT2D eigenvalue weighted by atomic mass is 32.3. The van der Waals surface area contributed by atoms with Crippen LogP contribution in [0.15, 0.2) is 12.2 Å². The summed E-state index contributed by atoms with van der Waals surface area (Å²) in [5, 5.41) is 44.7. The van der Waals surface area contributed by atoms with Crippen LogP contribution < -0.4 is 5.32 Å². The molecule has 1 saturated heterocycles. The summed E-state index contributed by atoms with van der Waals surface area (Å²) in [6.07, 6.45) is 41.6. The first-order valence-corrected chi connectivity index (χ1v) is 28.4. The van der Waals surface area contributed by atoms with E-state index in [0.717, 1.165) is 44.9 Å². The van der Waals surface area contributed by atoms with Crippen molar-refractivity contribution in [2.45, 2.75) is 301 Å². The van der Waals surface area contributed by atoms with E-state index in [1.54, 1.807) is 6.08 Å². The minimum atomic E-state index is -5.08. The molecule has 7 atom stereocenters. The van der Waals surface area contributed by atoms with Gasteiger partial charge >= 0.3 is 10.4 Å². The van der Waals surface area contributed by atoms with E-state index in [4.69, 9.17) is 9.47 Å². The summed E-state index contributed by atoms with van der Waals surface area (Å²) in [5.74, 6) is -0.260. The molecular weight excluding hydrogens is 847 g/mol. The standard InChI is InChI=1S/C52H101NO11S/c1-3-5-7-9-11-13-14-15-16-17-18-19-20-21-22-23-24-25-26-27-28-29-30-31-32-34-36-38-40-42-48(56)53-45(46(55)41-39-37-35-33-12-10-8-6-4-2)44-62-52-50(58)51(64-65(59,60)61)49(57)47(43-54)63-52/h39,41,45-47,49-52,54-55,57-58H,3-38,40,42-44H2,1-2H3,(H,53,56)(H,59,60,61)/b41-39+. The Hall–Kier alpha value is -1.16. The number of rotatable bonds is 47. The van der Waals surface area contributed by atoms with Gasteiger partial charge in [-0.05, 0) is 19.3 Å². The highest BCUT2D eigenvalue weighted by Crippen LogP contribution is 2.26. The van der Waals surface area contributed by atoms with Gasteiger partial charge in [-0.1, -0.05) is 244 Å². The lowest BCUT2D eigenvalue weighted by molar-refractivity contribution is -0.298. The van der Waals surface area contributed by atoms with Crippen LogP contribution in [0.3, 0.4) is 0 Å². The number of ether oxygens (including phenoxy) is 2. The highest BCUT2D eigenvalue weighted by molar-refractivity contribution is 7.80. The van der Waals surface area contributed by atoms with Gasteiger partial charge in [-0.3, -0.25) is 9.35 Å². The summed E-state index contributed by atoms with van der Waals surface area (Å²) in [5.41, 5.74) is 0. The molecular formula is C52H101NO11S. The van der Waals surface area contributed by atoms with E-state index in [-0.39, 0.29) is 18.9 Å². The number of carbonyl (C=O) groups is 1. The number of hydrogen-bond donors (Lipinski definition) is 6. The molecule has 0 aromatic heterocycles. The lowest BCUT2D eigenvalue weighted by Crippen LogP contribution is -2.61. The molecule has 1 aliphatic heterocycles. The largest absolute Gasteiger partial charge is 0.397 e. The molecule has 1 heterocycles. The molecule has 1 fully saturated rings. The third-order valence-corrected chi connectivity index (χ3v) is 13.5. The Labute approximate surface area is 398 Å². The van der Waals surface area contributed by atoms with E-state index in [1.165, 1.54) is 186 Å². The number of unbranched alkanes of at least 4 members (excludes halogenated alkanes) is 35. The summed E-state index contributed by atoms with van der Waals surface area (Å²) in [7, 11) is -5.08. The van der Waals surface area contributed by atoms with Gasteiger partial charge in [0.05, 0.1) is 25.4 Å². The Morgan fingerprint density at radius 1 is 0.600 bits per heavy atom. The molecule has 1 aliphatic rings. The van der Waals surface area contributed by atoms with Crippen LogP contribution in [0, 0.1) is 0 Å². The minimum absolute atomic E-state index is 0.260. The van der Waals surface area contributed by atoms with Crippen LogP contribution in [-0.4, -0.2) is 95.4 Å².